The number of rotatable bonds is 3. The molecule has 0 bridgehead atoms. The molecule has 0 aliphatic carbocycles. The first kappa shape index (κ1) is 19.0. The zero-order valence-electron chi connectivity index (χ0n) is 15.8. The molecule has 2 N–H and O–H groups in total. The van der Waals surface area contributed by atoms with Gasteiger partial charge in [0.1, 0.15) is 0 Å². The number of fused-ring (bicyclic) bond motifs is 1. The lowest BCUT2D eigenvalue weighted by molar-refractivity contribution is 0.0685. The van der Waals surface area contributed by atoms with Crippen molar-refractivity contribution in [2.45, 2.75) is 0 Å². The maximum atomic E-state index is 11.7. The van der Waals surface area contributed by atoms with E-state index in [1.807, 2.05) is 54.6 Å². The minimum absolute atomic E-state index is 0.0824. The Kier molecular flexibility index (Phi) is 5.02. The highest BCUT2D eigenvalue weighted by Gasteiger charge is 2.13. The lowest BCUT2D eigenvalue weighted by Crippen LogP contribution is -2.02. The third kappa shape index (κ3) is 3.78. The van der Waals surface area contributed by atoms with Crippen LogP contribution in [0, 0.1) is 11.8 Å². The number of carboxylic acid groups (broad SMARTS) is 2. The molecule has 144 valence electrons. The first-order valence-electron chi connectivity index (χ1n) is 9.24. The van der Waals surface area contributed by atoms with E-state index in [4.69, 9.17) is 0 Å². The van der Waals surface area contributed by atoms with Crippen molar-refractivity contribution in [2.24, 2.45) is 0 Å². The largest absolute Gasteiger partial charge is 0.478 e. The van der Waals surface area contributed by atoms with E-state index in [0.717, 1.165) is 16.7 Å². The first-order chi connectivity index (χ1) is 14.5. The topological polar surface area (TPSA) is 74.6 Å². The average Bonchev–Trinajstić information content (AvgIpc) is 2.77. The molecule has 0 amide bonds. The molecule has 4 rings (SSSR count). The SMILES string of the molecule is O=C(O)c1ccc2c(C#Cc3ccc(-c4ccccc4)cc3)c(C(=O)O)ccc2c1. The van der Waals surface area contributed by atoms with Gasteiger partial charge in [0.25, 0.3) is 0 Å². The van der Waals surface area contributed by atoms with Crippen LogP contribution >= 0.6 is 0 Å². The maximum Gasteiger partial charge on any atom is 0.336 e. The molecule has 4 heteroatoms. The van der Waals surface area contributed by atoms with E-state index in [1.165, 1.54) is 18.2 Å². The zero-order chi connectivity index (χ0) is 21.1. The van der Waals surface area contributed by atoms with Crippen LogP contribution in [0.25, 0.3) is 21.9 Å². The second kappa shape index (κ2) is 7.94. The predicted octanol–water partition coefficient (Wildman–Crippen LogP) is 5.30. The Balaban J connectivity index is 1.76. The van der Waals surface area contributed by atoms with Gasteiger partial charge in [-0.05, 0) is 52.2 Å². The fourth-order valence-electron chi connectivity index (χ4n) is 3.29. The smallest absolute Gasteiger partial charge is 0.336 e. The molecule has 4 nitrogen and oxygen atoms in total. The van der Waals surface area contributed by atoms with Gasteiger partial charge in [0.15, 0.2) is 0 Å². The Labute approximate surface area is 173 Å². The van der Waals surface area contributed by atoms with Crippen LogP contribution in [-0.2, 0) is 0 Å². The van der Waals surface area contributed by atoms with E-state index >= 15 is 0 Å². The van der Waals surface area contributed by atoms with Crippen molar-refractivity contribution in [1.29, 1.82) is 0 Å². The average molecular weight is 392 g/mol. The first-order valence-corrected chi connectivity index (χ1v) is 9.24. The van der Waals surface area contributed by atoms with Crippen LogP contribution in [0.1, 0.15) is 31.8 Å². The third-order valence-corrected chi connectivity index (χ3v) is 4.82. The molecule has 0 aliphatic rings. The van der Waals surface area contributed by atoms with Gasteiger partial charge in [-0.25, -0.2) is 9.59 Å². The molecule has 0 radical (unpaired) electrons. The number of benzene rings is 4. The quantitative estimate of drug-likeness (QED) is 0.464. The highest BCUT2D eigenvalue weighted by Crippen LogP contribution is 2.24. The van der Waals surface area contributed by atoms with Crippen molar-refractivity contribution in [2.75, 3.05) is 0 Å². The van der Waals surface area contributed by atoms with Crippen molar-refractivity contribution in [1.82, 2.24) is 0 Å². The fraction of sp³-hybridized carbons (Fsp3) is 0. The fourth-order valence-corrected chi connectivity index (χ4v) is 3.29. The Morgan fingerprint density at radius 2 is 1.37 bits per heavy atom. The van der Waals surface area contributed by atoms with Gasteiger partial charge in [0, 0.05) is 11.1 Å². The van der Waals surface area contributed by atoms with Gasteiger partial charge in [-0.15, -0.1) is 0 Å². The van der Waals surface area contributed by atoms with Gasteiger partial charge in [-0.3, -0.25) is 0 Å². The number of carbonyl (C=O) groups is 2. The molecule has 0 heterocycles. The van der Waals surface area contributed by atoms with E-state index in [-0.39, 0.29) is 11.1 Å². The van der Waals surface area contributed by atoms with Crippen LogP contribution in [0.15, 0.2) is 84.9 Å². The summed E-state index contributed by atoms with van der Waals surface area (Å²) in [7, 11) is 0. The molecule has 0 aliphatic heterocycles. The van der Waals surface area contributed by atoms with E-state index in [9.17, 15) is 19.8 Å². The van der Waals surface area contributed by atoms with Gasteiger partial charge in [0.2, 0.25) is 0 Å². The summed E-state index contributed by atoms with van der Waals surface area (Å²) in [5.41, 5.74) is 3.52. The molecular weight excluding hydrogens is 376 g/mol. The summed E-state index contributed by atoms with van der Waals surface area (Å²) in [6.07, 6.45) is 0. The summed E-state index contributed by atoms with van der Waals surface area (Å²) in [5.74, 6) is 3.90. The molecule has 0 saturated heterocycles. The van der Waals surface area contributed by atoms with Gasteiger partial charge >= 0.3 is 11.9 Å². The lowest BCUT2D eigenvalue weighted by atomic mass is 9.97. The number of hydrogen-bond donors (Lipinski definition) is 2. The molecule has 0 aromatic heterocycles. The second-order valence-electron chi connectivity index (χ2n) is 6.73. The Bertz CT molecular complexity index is 1320. The molecule has 0 saturated carbocycles. The molecule has 30 heavy (non-hydrogen) atoms. The van der Waals surface area contributed by atoms with Crippen LogP contribution < -0.4 is 0 Å². The monoisotopic (exact) mass is 392 g/mol. The van der Waals surface area contributed by atoms with Gasteiger partial charge in [0.05, 0.1) is 11.1 Å². The van der Waals surface area contributed by atoms with Crippen molar-refractivity contribution in [3.8, 4) is 23.0 Å². The number of aromatic carboxylic acids is 2. The summed E-state index contributed by atoms with van der Waals surface area (Å²) in [6, 6.07) is 25.3. The van der Waals surface area contributed by atoms with E-state index < -0.39 is 11.9 Å². The van der Waals surface area contributed by atoms with Crippen LogP contribution in [0.3, 0.4) is 0 Å². The van der Waals surface area contributed by atoms with Crippen LogP contribution in [0.2, 0.25) is 0 Å². The minimum atomic E-state index is -1.08. The molecule has 0 fully saturated rings. The van der Waals surface area contributed by atoms with Crippen molar-refractivity contribution >= 4 is 22.7 Å². The number of carboxylic acids is 2. The van der Waals surface area contributed by atoms with Crippen LogP contribution in [0.4, 0.5) is 0 Å². The van der Waals surface area contributed by atoms with Gasteiger partial charge in [-0.2, -0.15) is 0 Å². The predicted molar refractivity (Wildman–Crippen MR) is 116 cm³/mol. The van der Waals surface area contributed by atoms with Gasteiger partial charge in [-0.1, -0.05) is 66.4 Å². The van der Waals surface area contributed by atoms with Crippen LogP contribution in [-0.4, -0.2) is 22.2 Å². The molecule has 0 unspecified atom stereocenters. The zero-order valence-corrected chi connectivity index (χ0v) is 15.8. The van der Waals surface area contributed by atoms with E-state index in [0.29, 0.717) is 16.3 Å². The summed E-state index contributed by atoms with van der Waals surface area (Å²) in [5, 5.41) is 20.0. The Morgan fingerprint density at radius 3 is 2.03 bits per heavy atom. The minimum Gasteiger partial charge on any atom is -0.478 e. The number of hydrogen-bond acceptors (Lipinski definition) is 2. The highest BCUT2D eigenvalue weighted by molar-refractivity contribution is 6.02. The maximum absolute atomic E-state index is 11.7. The van der Waals surface area contributed by atoms with Gasteiger partial charge < -0.3 is 10.2 Å². The van der Waals surface area contributed by atoms with E-state index in [2.05, 4.69) is 11.8 Å². The molecule has 0 atom stereocenters. The molecular formula is C26H16O4. The molecule has 4 aromatic rings. The Hall–Kier alpha value is -4.36. The van der Waals surface area contributed by atoms with E-state index in [1.54, 1.807) is 12.1 Å². The summed E-state index contributed by atoms with van der Waals surface area (Å²) >= 11 is 0. The lowest BCUT2D eigenvalue weighted by Gasteiger charge is -2.06. The summed E-state index contributed by atoms with van der Waals surface area (Å²) in [6.45, 7) is 0. The third-order valence-electron chi connectivity index (χ3n) is 4.82. The summed E-state index contributed by atoms with van der Waals surface area (Å²) < 4.78 is 0. The second-order valence-corrected chi connectivity index (χ2v) is 6.73. The van der Waals surface area contributed by atoms with Crippen molar-refractivity contribution < 1.29 is 19.8 Å². The molecule has 4 aromatic carbocycles. The van der Waals surface area contributed by atoms with Crippen LogP contribution in [0.5, 0.6) is 0 Å². The molecule has 0 spiro atoms. The van der Waals surface area contributed by atoms with Crippen molar-refractivity contribution in [3.63, 3.8) is 0 Å². The standard InChI is InChI=1S/C26H16O4/c27-25(28)21-12-14-22-20(16-21)11-15-24(26(29)30)23(22)13-8-17-6-9-19(10-7-17)18-4-2-1-3-5-18/h1-7,9-12,14-16H,(H,27,28)(H,29,30). The highest BCUT2D eigenvalue weighted by atomic mass is 16.4. The Morgan fingerprint density at radius 1 is 0.667 bits per heavy atom. The summed E-state index contributed by atoms with van der Waals surface area (Å²) in [4.78, 5) is 22.9. The normalized spacial score (nSPS) is 10.3. The van der Waals surface area contributed by atoms with Crippen molar-refractivity contribution in [3.05, 3.63) is 107 Å².